The standard InChI is InChI=1S/C18H17N3O2S2/c19-15-13-11-8-4-5-9-12(11)24-16(13)21-18(20-15)25-14(17(22)23)10-6-2-1-3-7-10/h1-3,6-7,14H,4-5,8-9H2,(H,22,23)(H2,19,20,21). The fraction of sp³-hybridized carbons (Fsp3) is 0.278. The molecule has 0 aliphatic heterocycles. The van der Waals surface area contributed by atoms with Gasteiger partial charge in [-0.15, -0.1) is 11.3 Å². The van der Waals surface area contributed by atoms with Crippen LogP contribution < -0.4 is 5.73 Å². The van der Waals surface area contributed by atoms with Crippen molar-refractivity contribution in [2.45, 2.75) is 36.1 Å². The average molecular weight is 371 g/mol. The average Bonchev–Trinajstić information content (AvgIpc) is 2.99. The van der Waals surface area contributed by atoms with Gasteiger partial charge in [-0.2, -0.15) is 0 Å². The molecule has 1 aromatic carbocycles. The first kappa shape index (κ1) is 16.4. The Labute approximate surface area is 153 Å². The normalized spacial score (nSPS) is 15.0. The number of fused-ring (bicyclic) bond motifs is 3. The highest BCUT2D eigenvalue weighted by Gasteiger charge is 2.25. The van der Waals surface area contributed by atoms with Crippen molar-refractivity contribution in [3.05, 3.63) is 46.3 Å². The molecular formula is C18H17N3O2S2. The zero-order valence-electron chi connectivity index (χ0n) is 13.4. The quantitative estimate of drug-likeness (QED) is 0.531. The Morgan fingerprint density at radius 1 is 1.20 bits per heavy atom. The molecule has 1 aliphatic carbocycles. The summed E-state index contributed by atoms with van der Waals surface area (Å²) in [5.41, 5.74) is 8.22. The van der Waals surface area contributed by atoms with E-state index in [4.69, 9.17) is 5.73 Å². The van der Waals surface area contributed by atoms with Crippen LogP contribution >= 0.6 is 23.1 Å². The third-order valence-electron chi connectivity index (χ3n) is 4.37. The summed E-state index contributed by atoms with van der Waals surface area (Å²) in [7, 11) is 0. The van der Waals surface area contributed by atoms with Gasteiger partial charge in [-0.3, -0.25) is 4.79 Å². The summed E-state index contributed by atoms with van der Waals surface area (Å²) in [4.78, 5) is 22.9. The van der Waals surface area contributed by atoms with Crippen LogP contribution in [0, 0.1) is 0 Å². The number of aliphatic carboxylic acids is 1. The number of nitrogen functional groups attached to an aromatic ring is 1. The highest BCUT2D eigenvalue weighted by Crippen LogP contribution is 2.40. The smallest absolute Gasteiger partial charge is 0.321 e. The number of nitrogens with two attached hydrogens (primary N) is 1. The lowest BCUT2D eigenvalue weighted by Crippen LogP contribution is -2.09. The monoisotopic (exact) mass is 371 g/mol. The van der Waals surface area contributed by atoms with E-state index in [0.717, 1.165) is 34.8 Å². The van der Waals surface area contributed by atoms with Crippen molar-refractivity contribution in [3.8, 4) is 0 Å². The van der Waals surface area contributed by atoms with E-state index >= 15 is 0 Å². The van der Waals surface area contributed by atoms with Gasteiger partial charge in [0, 0.05) is 4.88 Å². The van der Waals surface area contributed by atoms with Gasteiger partial charge in [0.1, 0.15) is 15.9 Å². The number of thioether (sulfide) groups is 1. The summed E-state index contributed by atoms with van der Waals surface area (Å²) in [5.74, 6) is -0.451. The maximum Gasteiger partial charge on any atom is 0.321 e. The molecule has 25 heavy (non-hydrogen) atoms. The highest BCUT2D eigenvalue weighted by molar-refractivity contribution is 8.00. The molecule has 3 N–H and O–H groups in total. The minimum atomic E-state index is -0.913. The number of aryl methyl sites for hydroxylation is 2. The topological polar surface area (TPSA) is 89.1 Å². The molecule has 2 heterocycles. The van der Waals surface area contributed by atoms with Gasteiger partial charge in [0.2, 0.25) is 0 Å². The molecule has 4 rings (SSSR count). The van der Waals surface area contributed by atoms with E-state index in [1.54, 1.807) is 23.5 Å². The third-order valence-corrected chi connectivity index (χ3v) is 6.66. The molecule has 1 unspecified atom stereocenters. The van der Waals surface area contributed by atoms with Gasteiger partial charge in [-0.25, -0.2) is 9.97 Å². The number of benzene rings is 1. The van der Waals surface area contributed by atoms with Gasteiger partial charge in [0.25, 0.3) is 0 Å². The molecule has 0 radical (unpaired) electrons. The van der Waals surface area contributed by atoms with Crippen LogP contribution in [-0.4, -0.2) is 21.0 Å². The maximum absolute atomic E-state index is 11.7. The van der Waals surface area contributed by atoms with Gasteiger partial charge >= 0.3 is 5.97 Å². The molecule has 0 saturated carbocycles. The second-order valence-corrected chi connectivity index (χ2v) is 8.19. The van der Waals surface area contributed by atoms with Gasteiger partial charge in [-0.1, -0.05) is 42.1 Å². The molecule has 0 bridgehead atoms. The molecule has 3 aromatic rings. The molecule has 0 fully saturated rings. The van der Waals surface area contributed by atoms with E-state index in [0.29, 0.717) is 16.5 Å². The molecule has 1 atom stereocenters. The number of hydrogen-bond donors (Lipinski definition) is 2. The predicted octanol–water partition coefficient (Wildman–Crippen LogP) is 4.07. The summed E-state index contributed by atoms with van der Waals surface area (Å²) in [6, 6.07) is 9.13. The van der Waals surface area contributed by atoms with Crippen LogP contribution in [0.4, 0.5) is 5.82 Å². The Balaban J connectivity index is 1.73. The number of carboxylic acid groups (broad SMARTS) is 1. The van der Waals surface area contributed by atoms with Crippen LogP contribution in [0.1, 0.15) is 34.1 Å². The zero-order chi connectivity index (χ0) is 17.4. The van der Waals surface area contributed by atoms with Gasteiger partial charge in [0.15, 0.2) is 5.16 Å². The van der Waals surface area contributed by atoms with Crippen molar-refractivity contribution < 1.29 is 9.90 Å². The summed E-state index contributed by atoms with van der Waals surface area (Å²) in [6.07, 6.45) is 4.46. The number of carbonyl (C=O) groups is 1. The lowest BCUT2D eigenvalue weighted by atomic mass is 9.97. The van der Waals surface area contributed by atoms with Crippen LogP contribution in [0.25, 0.3) is 10.2 Å². The van der Waals surface area contributed by atoms with Crippen LogP contribution in [0.3, 0.4) is 0 Å². The first-order chi connectivity index (χ1) is 12.1. The van der Waals surface area contributed by atoms with E-state index in [1.807, 2.05) is 18.2 Å². The summed E-state index contributed by atoms with van der Waals surface area (Å²) >= 11 is 2.80. The SMILES string of the molecule is Nc1nc(SC(C(=O)O)c2ccccc2)nc2sc3c(c12)CCCC3. The number of hydrogen-bond acceptors (Lipinski definition) is 6. The number of rotatable bonds is 4. The molecule has 0 amide bonds. The van der Waals surface area contributed by atoms with Gasteiger partial charge in [0.05, 0.1) is 5.39 Å². The van der Waals surface area contributed by atoms with Crippen molar-refractivity contribution in [1.82, 2.24) is 9.97 Å². The van der Waals surface area contributed by atoms with E-state index < -0.39 is 11.2 Å². The fourth-order valence-electron chi connectivity index (χ4n) is 3.21. The lowest BCUT2D eigenvalue weighted by Gasteiger charge is -2.12. The van der Waals surface area contributed by atoms with Gasteiger partial charge < -0.3 is 10.8 Å². The molecule has 1 aliphatic rings. The summed E-state index contributed by atoms with van der Waals surface area (Å²) in [6.45, 7) is 0. The van der Waals surface area contributed by atoms with E-state index in [9.17, 15) is 9.90 Å². The van der Waals surface area contributed by atoms with E-state index in [2.05, 4.69) is 9.97 Å². The van der Waals surface area contributed by atoms with Crippen molar-refractivity contribution in [1.29, 1.82) is 0 Å². The number of thiophene rings is 1. The Hall–Kier alpha value is -2.12. The second-order valence-electron chi connectivity index (χ2n) is 6.03. The molecule has 7 heteroatoms. The van der Waals surface area contributed by atoms with Crippen molar-refractivity contribution in [3.63, 3.8) is 0 Å². The lowest BCUT2D eigenvalue weighted by molar-refractivity contribution is -0.136. The van der Waals surface area contributed by atoms with Crippen LogP contribution in [0.2, 0.25) is 0 Å². The maximum atomic E-state index is 11.7. The number of carboxylic acids is 1. The highest BCUT2D eigenvalue weighted by atomic mass is 32.2. The minimum Gasteiger partial charge on any atom is -0.480 e. The van der Waals surface area contributed by atoms with Crippen molar-refractivity contribution in [2.24, 2.45) is 0 Å². The second kappa shape index (κ2) is 6.65. The molecule has 0 saturated heterocycles. The molecule has 2 aromatic heterocycles. The molecular weight excluding hydrogens is 354 g/mol. The van der Waals surface area contributed by atoms with E-state index in [-0.39, 0.29) is 0 Å². The first-order valence-corrected chi connectivity index (χ1v) is 9.85. The van der Waals surface area contributed by atoms with Crippen LogP contribution in [0.5, 0.6) is 0 Å². The van der Waals surface area contributed by atoms with Crippen molar-refractivity contribution in [2.75, 3.05) is 5.73 Å². The number of anilines is 1. The third kappa shape index (κ3) is 3.09. The van der Waals surface area contributed by atoms with Crippen molar-refractivity contribution >= 4 is 45.1 Å². The largest absolute Gasteiger partial charge is 0.480 e. The Morgan fingerprint density at radius 2 is 1.96 bits per heavy atom. The minimum absolute atomic E-state index is 0.417. The fourth-order valence-corrected chi connectivity index (χ4v) is 5.44. The molecule has 0 spiro atoms. The summed E-state index contributed by atoms with van der Waals surface area (Å²) < 4.78 is 0. The Bertz CT molecular complexity index is 940. The predicted molar refractivity (Wildman–Crippen MR) is 101 cm³/mol. The first-order valence-electron chi connectivity index (χ1n) is 8.15. The van der Waals surface area contributed by atoms with Crippen LogP contribution in [-0.2, 0) is 17.6 Å². The number of nitrogens with zero attached hydrogens (tertiary/aromatic N) is 2. The summed E-state index contributed by atoms with van der Waals surface area (Å²) in [5, 5.41) is 10.2. The zero-order valence-corrected chi connectivity index (χ0v) is 15.1. The number of aromatic nitrogens is 2. The van der Waals surface area contributed by atoms with Crippen LogP contribution in [0.15, 0.2) is 35.5 Å². The molecule has 5 nitrogen and oxygen atoms in total. The molecule has 128 valence electrons. The Kier molecular flexibility index (Phi) is 4.35. The Morgan fingerprint density at radius 3 is 2.72 bits per heavy atom. The van der Waals surface area contributed by atoms with Gasteiger partial charge in [-0.05, 0) is 36.8 Å². The van der Waals surface area contributed by atoms with E-state index in [1.165, 1.54) is 23.3 Å².